The van der Waals surface area contributed by atoms with Crippen LogP contribution in [0.25, 0.3) is 5.57 Å². The molecule has 0 fully saturated rings. The van der Waals surface area contributed by atoms with Crippen LogP contribution in [0.3, 0.4) is 0 Å². The highest BCUT2D eigenvalue weighted by molar-refractivity contribution is 6.33. The van der Waals surface area contributed by atoms with Crippen molar-refractivity contribution >= 4 is 17.4 Å². The summed E-state index contributed by atoms with van der Waals surface area (Å²) in [4.78, 5) is 24.7. The zero-order chi connectivity index (χ0) is 13.0. The van der Waals surface area contributed by atoms with E-state index in [4.69, 9.17) is 5.26 Å². The number of carbonyl (C=O) groups is 2. The Kier molecular flexibility index (Phi) is 3.39. The Morgan fingerprint density at radius 1 is 1.22 bits per heavy atom. The van der Waals surface area contributed by atoms with E-state index in [0.29, 0.717) is 11.1 Å². The summed E-state index contributed by atoms with van der Waals surface area (Å²) in [6.45, 7) is 0.0992. The molecular weight excluding hydrogens is 232 g/mol. The third-order valence-corrected chi connectivity index (χ3v) is 2.58. The van der Waals surface area contributed by atoms with Crippen LogP contribution in [0.15, 0.2) is 36.4 Å². The molecule has 0 N–H and O–H groups in total. The first kappa shape index (κ1) is 11.9. The van der Waals surface area contributed by atoms with E-state index < -0.39 is 0 Å². The summed E-state index contributed by atoms with van der Waals surface area (Å²) in [6, 6.07) is 8.98. The Labute approximate surface area is 104 Å². The molecule has 0 saturated heterocycles. The van der Waals surface area contributed by atoms with Gasteiger partial charge in [-0.05, 0) is 5.56 Å². The van der Waals surface area contributed by atoms with Crippen LogP contribution in [-0.2, 0) is 14.3 Å². The Balaban J connectivity index is 2.13. The van der Waals surface area contributed by atoms with Crippen molar-refractivity contribution in [3.63, 3.8) is 0 Å². The maximum atomic E-state index is 12.0. The van der Waals surface area contributed by atoms with Gasteiger partial charge in [-0.15, -0.1) is 0 Å². The molecule has 18 heavy (non-hydrogen) atoms. The van der Waals surface area contributed by atoms with Crippen LogP contribution < -0.4 is 0 Å². The lowest BCUT2D eigenvalue weighted by Gasteiger charge is -2.13. The van der Waals surface area contributed by atoms with E-state index in [0.717, 1.165) is 4.90 Å². The molecule has 0 unspecified atom stereocenters. The minimum absolute atomic E-state index is 0.0177. The molecule has 0 saturated carbocycles. The van der Waals surface area contributed by atoms with Crippen LogP contribution in [0.5, 0.6) is 0 Å². The first-order chi connectivity index (χ1) is 8.74. The first-order valence-corrected chi connectivity index (χ1v) is 5.38. The molecule has 90 valence electrons. The molecule has 5 heteroatoms. The van der Waals surface area contributed by atoms with Gasteiger partial charge < -0.3 is 4.74 Å². The summed E-state index contributed by atoms with van der Waals surface area (Å²) >= 11 is 0. The molecule has 0 aromatic heterocycles. The van der Waals surface area contributed by atoms with Crippen LogP contribution in [0.2, 0.25) is 0 Å². The Hall–Kier alpha value is -2.61. The summed E-state index contributed by atoms with van der Waals surface area (Å²) in [6.07, 6.45) is 2.81. The second-order valence-electron chi connectivity index (χ2n) is 3.66. The van der Waals surface area contributed by atoms with Gasteiger partial charge in [0, 0.05) is 6.08 Å². The molecule has 2 amide bonds. The largest absolute Gasteiger partial charge is 0.426 e. The average molecular weight is 242 g/mol. The zero-order valence-corrected chi connectivity index (χ0v) is 9.50. The number of ether oxygens (including phenoxy) is 1. The molecule has 1 aliphatic rings. The van der Waals surface area contributed by atoms with Crippen molar-refractivity contribution in [3.8, 4) is 6.26 Å². The van der Waals surface area contributed by atoms with Crippen LogP contribution >= 0.6 is 0 Å². The quantitative estimate of drug-likeness (QED) is 0.447. The fraction of sp³-hybridized carbons (Fsp3) is 0.154. The highest BCUT2D eigenvalue weighted by atomic mass is 16.5. The smallest absolute Gasteiger partial charge is 0.286 e. The van der Waals surface area contributed by atoms with Crippen LogP contribution in [0.1, 0.15) is 5.56 Å². The maximum Gasteiger partial charge on any atom is 0.286 e. The van der Waals surface area contributed by atoms with Gasteiger partial charge in [-0.25, -0.2) is 0 Å². The number of rotatable bonds is 4. The average Bonchev–Trinajstić information content (AvgIpc) is 2.68. The minimum Gasteiger partial charge on any atom is -0.426 e. The number of hydrogen-bond donors (Lipinski definition) is 0. The van der Waals surface area contributed by atoms with Crippen molar-refractivity contribution in [2.24, 2.45) is 0 Å². The van der Waals surface area contributed by atoms with E-state index in [1.165, 1.54) is 12.3 Å². The van der Waals surface area contributed by atoms with E-state index in [-0.39, 0.29) is 25.0 Å². The van der Waals surface area contributed by atoms with Gasteiger partial charge in [0.25, 0.3) is 18.1 Å². The van der Waals surface area contributed by atoms with Gasteiger partial charge in [0.05, 0.1) is 12.1 Å². The lowest BCUT2D eigenvalue weighted by Crippen LogP contribution is -2.33. The third kappa shape index (κ3) is 2.23. The SMILES string of the molecule is N#COCCN1C(=O)C=C(c2ccccc2)C1=O. The van der Waals surface area contributed by atoms with Gasteiger partial charge in [0.15, 0.2) is 0 Å². The Morgan fingerprint density at radius 3 is 2.61 bits per heavy atom. The van der Waals surface area contributed by atoms with Crippen molar-refractivity contribution in [2.75, 3.05) is 13.2 Å². The number of carbonyl (C=O) groups excluding carboxylic acids is 2. The van der Waals surface area contributed by atoms with Gasteiger partial charge in [0.1, 0.15) is 6.61 Å². The molecule has 2 rings (SSSR count). The van der Waals surface area contributed by atoms with Gasteiger partial charge >= 0.3 is 0 Å². The second kappa shape index (κ2) is 5.15. The predicted octanol–water partition coefficient (Wildman–Crippen LogP) is 0.936. The molecular formula is C13H10N2O3. The number of hydrogen-bond acceptors (Lipinski definition) is 4. The number of amides is 2. The van der Waals surface area contributed by atoms with Crippen LogP contribution in [0.4, 0.5) is 0 Å². The molecule has 0 atom stereocenters. The topological polar surface area (TPSA) is 70.4 Å². The number of nitriles is 1. The van der Waals surface area contributed by atoms with Crippen molar-refractivity contribution in [3.05, 3.63) is 42.0 Å². The molecule has 1 aromatic carbocycles. The maximum absolute atomic E-state index is 12.0. The second-order valence-corrected chi connectivity index (χ2v) is 3.66. The van der Waals surface area contributed by atoms with Gasteiger partial charge in [-0.3, -0.25) is 14.5 Å². The van der Waals surface area contributed by atoms with Gasteiger partial charge in [-0.2, -0.15) is 5.26 Å². The van der Waals surface area contributed by atoms with E-state index in [9.17, 15) is 9.59 Å². The van der Waals surface area contributed by atoms with Crippen molar-refractivity contribution < 1.29 is 14.3 Å². The van der Waals surface area contributed by atoms with E-state index in [1.54, 1.807) is 24.3 Å². The first-order valence-electron chi connectivity index (χ1n) is 5.38. The summed E-state index contributed by atoms with van der Waals surface area (Å²) in [5.41, 5.74) is 1.08. The third-order valence-electron chi connectivity index (χ3n) is 2.58. The zero-order valence-electron chi connectivity index (χ0n) is 9.50. The Bertz CT molecular complexity index is 543. The number of nitrogens with zero attached hydrogens (tertiary/aromatic N) is 2. The minimum atomic E-state index is -0.375. The molecule has 0 spiro atoms. The van der Waals surface area contributed by atoms with E-state index >= 15 is 0 Å². The summed E-state index contributed by atoms with van der Waals surface area (Å²) in [7, 11) is 0. The summed E-state index contributed by atoms with van der Waals surface area (Å²) < 4.78 is 4.47. The summed E-state index contributed by atoms with van der Waals surface area (Å²) in [5, 5.41) is 8.23. The fourth-order valence-corrected chi connectivity index (χ4v) is 1.73. The lowest BCUT2D eigenvalue weighted by atomic mass is 10.1. The normalized spacial score (nSPS) is 14.4. The standard InChI is InChI=1S/C13H10N2O3/c14-9-18-7-6-15-12(16)8-11(13(15)17)10-4-2-1-3-5-10/h1-5,8H,6-7H2. The van der Waals surface area contributed by atoms with E-state index in [1.807, 2.05) is 6.07 Å². The molecule has 5 nitrogen and oxygen atoms in total. The van der Waals surface area contributed by atoms with Crippen molar-refractivity contribution in [2.45, 2.75) is 0 Å². The Morgan fingerprint density at radius 2 is 1.94 bits per heavy atom. The van der Waals surface area contributed by atoms with E-state index in [2.05, 4.69) is 4.74 Å². The molecule has 0 radical (unpaired) electrons. The van der Waals surface area contributed by atoms with Crippen LogP contribution in [0, 0.1) is 11.5 Å². The highest BCUT2D eigenvalue weighted by Crippen LogP contribution is 2.22. The lowest BCUT2D eigenvalue weighted by molar-refractivity contribution is -0.136. The molecule has 1 heterocycles. The van der Waals surface area contributed by atoms with Crippen molar-refractivity contribution in [1.29, 1.82) is 5.26 Å². The van der Waals surface area contributed by atoms with Gasteiger partial charge in [-0.1, -0.05) is 30.3 Å². The predicted molar refractivity (Wildman–Crippen MR) is 62.7 cm³/mol. The molecule has 1 aliphatic heterocycles. The highest BCUT2D eigenvalue weighted by Gasteiger charge is 2.31. The summed E-state index contributed by atoms with van der Waals surface area (Å²) in [5.74, 6) is -0.729. The fourth-order valence-electron chi connectivity index (χ4n) is 1.73. The monoisotopic (exact) mass is 242 g/mol. The van der Waals surface area contributed by atoms with Crippen molar-refractivity contribution in [1.82, 2.24) is 4.90 Å². The van der Waals surface area contributed by atoms with Gasteiger partial charge in [0.2, 0.25) is 0 Å². The van der Waals surface area contributed by atoms with Crippen LogP contribution in [-0.4, -0.2) is 29.9 Å². The molecule has 0 bridgehead atoms. The number of benzene rings is 1. The molecule has 1 aromatic rings. The number of imide groups is 1. The molecule has 0 aliphatic carbocycles.